The molecule has 4 fully saturated rings. The molecule has 2 aliphatic heterocycles. The summed E-state index contributed by atoms with van der Waals surface area (Å²) in [6, 6.07) is 9.53. The van der Waals surface area contributed by atoms with Crippen LogP contribution < -0.4 is 73.5 Å². The van der Waals surface area contributed by atoms with E-state index in [9.17, 15) is 28.8 Å². The Kier molecular flexibility index (Phi) is 31.9. The van der Waals surface area contributed by atoms with Crippen LogP contribution in [0.3, 0.4) is 0 Å². The molecule has 94 heavy (non-hydrogen) atoms. The predicted molar refractivity (Wildman–Crippen MR) is 366 cm³/mol. The van der Waals surface area contributed by atoms with Crippen molar-refractivity contribution < 1.29 is 57.2 Å². The summed E-state index contributed by atoms with van der Waals surface area (Å²) in [5.74, 6) is 1.43. The number of ketones is 2. The lowest BCUT2D eigenvalue weighted by Gasteiger charge is -2.32. The maximum atomic E-state index is 14.5. The molecule has 4 aliphatic rings. The topological polar surface area (TPSA) is 344 Å². The minimum absolute atomic E-state index is 0.0124. The highest BCUT2D eigenvalue weighted by Crippen LogP contribution is 2.39. The Bertz CT molecular complexity index is 2690. The Hall–Kier alpha value is -6.56. The number of nitrogens with two attached hydrogens (primary N) is 6. The van der Waals surface area contributed by atoms with Gasteiger partial charge in [-0.15, -0.1) is 0 Å². The van der Waals surface area contributed by atoms with Gasteiger partial charge in [0.25, 0.3) is 23.6 Å². The van der Waals surface area contributed by atoms with Crippen LogP contribution in [-0.2, 0) is 0 Å². The summed E-state index contributed by atoms with van der Waals surface area (Å²) in [4.78, 5) is 90.0. The van der Waals surface area contributed by atoms with Crippen LogP contribution >= 0.6 is 0 Å². The van der Waals surface area contributed by atoms with Gasteiger partial charge >= 0.3 is 0 Å². The van der Waals surface area contributed by atoms with Crippen molar-refractivity contribution in [3.63, 3.8) is 0 Å². The Morgan fingerprint density at radius 2 is 0.660 bits per heavy atom. The van der Waals surface area contributed by atoms with Crippen LogP contribution in [0.2, 0.25) is 0 Å². The number of amides is 4. The van der Waals surface area contributed by atoms with Crippen LogP contribution in [0.4, 0.5) is 0 Å². The molecule has 3 aromatic carbocycles. The van der Waals surface area contributed by atoms with Crippen LogP contribution in [0.1, 0.15) is 229 Å². The Morgan fingerprint density at radius 1 is 0.362 bits per heavy atom. The number of likely N-dealkylation sites (tertiary alicyclic amines) is 2. The molecule has 2 heterocycles. The van der Waals surface area contributed by atoms with E-state index in [1.165, 1.54) is 14.2 Å². The number of ether oxygens (including phenoxy) is 6. The zero-order chi connectivity index (χ0) is 67.2. The molecule has 0 spiro atoms. The van der Waals surface area contributed by atoms with E-state index in [1.807, 2.05) is 9.80 Å². The van der Waals surface area contributed by atoms with Crippen molar-refractivity contribution in [2.75, 3.05) is 106 Å². The maximum absolute atomic E-state index is 14.5. The molecule has 2 aliphatic carbocycles. The molecule has 7 rings (SSSR count). The number of carbonyl (C=O) groups is 6. The lowest BCUT2D eigenvalue weighted by molar-refractivity contribution is 0.0680. The molecule has 22 heteroatoms. The summed E-state index contributed by atoms with van der Waals surface area (Å²) in [7, 11) is 2.99. The normalized spacial score (nSPS) is 18.7. The first-order valence-electron chi connectivity index (χ1n) is 35.4. The lowest BCUT2D eigenvalue weighted by Crippen LogP contribution is -2.40. The minimum atomic E-state index is -0.348. The molecule has 0 radical (unpaired) electrons. The van der Waals surface area contributed by atoms with Crippen molar-refractivity contribution >= 4 is 35.2 Å². The third-order valence-corrected chi connectivity index (χ3v) is 19.4. The second-order valence-electron chi connectivity index (χ2n) is 26.3. The molecule has 14 N–H and O–H groups in total. The summed E-state index contributed by atoms with van der Waals surface area (Å²) in [6.45, 7) is 7.19. The molecule has 22 nitrogen and oxygen atoms in total. The highest BCUT2D eigenvalue weighted by molar-refractivity contribution is 6.06. The van der Waals surface area contributed by atoms with Crippen molar-refractivity contribution in [2.24, 2.45) is 58.1 Å². The highest BCUT2D eigenvalue weighted by atomic mass is 16.5. The summed E-state index contributed by atoms with van der Waals surface area (Å²) in [5.41, 5.74) is 36.8. The number of piperidine rings is 2. The van der Waals surface area contributed by atoms with Gasteiger partial charge < -0.3 is 83.3 Å². The zero-order valence-electron chi connectivity index (χ0n) is 56.5. The van der Waals surface area contributed by atoms with Crippen LogP contribution in [0.15, 0.2) is 36.4 Å². The molecule has 0 unspecified atom stereocenters. The van der Waals surface area contributed by atoms with E-state index < -0.39 is 0 Å². The number of hydrogen-bond acceptors (Lipinski definition) is 18. The van der Waals surface area contributed by atoms with Gasteiger partial charge in [-0.05, 0) is 235 Å². The van der Waals surface area contributed by atoms with E-state index in [-0.39, 0.29) is 83.1 Å². The van der Waals surface area contributed by atoms with Gasteiger partial charge in [0.1, 0.15) is 34.5 Å². The second-order valence-corrected chi connectivity index (χ2v) is 26.3. The van der Waals surface area contributed by atoms with Crippen LogP contribution in [0.5, 0.6) is 34.5 Å². The SMILES string of the molecule is COc1cc(OC)c(C(=O)C[C@H]2CC[C@@H](NC(=O)c3cc(C(=O)N4CCC(CN)CC4)c(OCCCCCN)cc3OCCCCCN)CC2)cc1C(=O)C[C@H]1CC[C@@H](NC(=O)c2cc(C(=O)N3CCC(CN)CC3)c(OCCCCCN)cc2OCCCCCN)CC1. The largest absolute Gasteiger partial charge is 0.496 e. The molecule has 0 atom stereocenters. The Labute approximate surface area is 558 Å². The van der Waals surface area contributed by atoms with Crippen molar-refractivity contribution in [3.8, 4) is 34.5 Å². The molecule has 3 aromatic rings. The molecule has 2 saturated carbocycles. The van der Waals surface area contributed by atoms with Gasteiger partial charge in [-0.3, -0.25) is 28.8 Å². The molecule has 522 valence electrons. The fourth-order valence-electron chi connectivity index (χ4n) is 13.4. The quantitative estimate of drug-likeness (QED) is 0.0195. The average Bonchev–Trinajstić information content (AvgIpc) is 0.824. The minimum Gasteiger partial charge on any atom is -0.496 e. The van der Waals surface area contributed by atoms with Gasteiger partial charge in [-0.2, -0.15) is 0 Å². The van der Waals surface area contributed by atoms with Crippen molar-refractivity contribution in [3.05, 3.63) is 69.8 Å². The Balaban J connectivity index is 0.980. The molecule has 0 bridgehead atoms. The van der Waals surface area contributed by atoms with Crippen molar-refractivity contribution in [1.29, 1.82) is 0 Å². The number of hydrogen-bond donors (Lipinski definition) is 8. The van der Waals surface area contributed by atoms with Crippen LogP contribution in [-0.4, -0.2) is 163 Å². The Morgan fingerprint density at radius 3 is 0.957 bits per heavy atom. The number of rotatable bonds is 40. The van der Waals surface area contributed by atoms with Gasteiger partial charge in [-0.1, -0.05) is 0 Å². The zero-order valence-corrected chi connectivity index (χ0v) is 56.5. The molecular formula is C72H112N10O12. The third-order valence-electron chi connectivity index (χ3n) is 19.4. The number of unbranched alkanes of at least 4 members (excludes halogenated alkanes) is 8. The van der Waals surface area contributed by atoms with Crippen molar-refractivity contribution in [2.45, 2.75) is 179 Å². The van der Waals surface area contributed by atoms with Crippen LogP contribution in [0.25, 0.3) is 0 Å². The van der Waals surface area contributed by atoms with E-state index in [1.54, 1.807) is 36.4 Å². The van der Waals surface area contributed by atoms with E-state index in [0.29, 0.717) is 212 Å². The molecule has 2 saturated heterocycles. The number of carbonyl (C=O) groups excluding carboxylic acids is 6. The van der Waals surface area contributed by atoms with Crippen LogP contribution in [0, 0.1) is 23.7 Å². The van der Waals surface area contributed by atoms with E-state index in [4.69, 9.17) is 62.8 Å². The number of nitrogens with zero attached hydrogens (tertiary/aromatic N) is 2. The van der Waals surface area contributed by atoms with Gasteiger partial charge in [0.15, 0.2) is 11.6 Å². The first-order chi connectivity index (χ1) is 45.8. The maximum Gasteiger partial charge on any atom is 0.257 e. The van der Waals surface area contributed by atoms with Gasteiger partial charge in [-0.25, -0.2) is 0 Å². The fraction of sp³-hybridized carbons (Fsp3) is 0.667. The van der Waals surface area contributed by atoms with E-state index in [2.05, 4.69) is 10.6 Å². The summed E-state index contributed by atoms with van der Waals surface area (Å²) in [5, 5.41) is 6.50. The van der Waals surface area contributed by atoms with E-state index >= 15 is 0 Å². The summed E-state index contributed by atoms with van der Waals surface area (Å²) in [6.07, 6.45) is 18.8. The average molecular weight is 1310 g/mol. The van der Waals surface area contributed by atoms with Gasteiger partial charge in [0.05, 0.1) is 74.0 Å². The molecule has 4 amide bonds. The number of Topliss-reactive ketones (excluding diaryl/α,β-unsaturated/α-hetero) is 2. The van der Waals surface area contributed by atoms with Gasteiger partial charge in [0, 0.05) is 69.3 Å². The lowest BCUT2D eigenvalue weighted by atomic mass is 9.81. The predicted octanol–water partition coefficient (Wildman–Crippen LogP) is 8.48. The monoisotopic (exact) mass is 1310 g/mol. The number of nitrogens with one attached hydrogen (secondary N) is 2. The number of methoxy groups -OCH3 is 2. The highest BCUT2D eigenvalue weighted by Gasteiger charge is 2.34. The smallest absolute Gasteiger partial charge is 0.257 e. The fourth-order valence-corrected chi connectivity index (χ4v) is 13.4. The second kappa shape index (κ2) is 40.1. The standard InChI is InChI=1S/C72H112N10O12/c1-89-63-44-64(90-2)56(62(84)40-50-17-21-54(22-18-50)80-70(86)58-43-60(72(88)82-33-25-52(48-78)26-34-82)68(94-38-14-6-10-30-76)46-66(58)92-36-12-4-8-28-74)41-55(63)61(83)39-49-15-19-53(20-16-49)79-69(85)57-42-59(71(87)81-31-23-51(47-77)24-32-81)67(93-37-13-5-9-29-75)45-65(57)91-35-11-3-7-27-73/h41-46,49-54H,3-40,47-48,73-78H2,1-2H3,(H,79,85)(H,80,86)/t49-,50-,53+,54+. The summed E-state index contributed by atoms with van der Waals surface area (Å²) >= 11 is 0. The number of benzene rings is 3. The van der Waals surface area contributed by atoms with Crippen molar-refractivity contribution in [1.82, 2.24) is 20.4 Å². The molecule has 0 aromatic heterocycles. The van der Waals surface area contributed by atoms with E-state index in [0.717, 1.165) is 103 Å². The van der Waals surface area contributed by atoms with Gasteiger partial charge in [0.2, 0.25) is 0 Å². The molecular weight excluding hydrogens is 1200 g/mol. The first kappa shape index (κ1) is 74.8. The first-order valence-corrected chi connectivity index (χ1v) is 35.4. The third kappa shape index (κ3) is 22.3. The summed E-state index contributed by atoms with van der Waals surface area (Å²) < 4.78 is 36.8.